The van der Waals surface area contributed by atoms with Crippen LogP contribution in [0.1, 0.15) is 22.5 Å². The van der Waals surface area contributed by atoms with E-state index in [1.54, 1.807) is 61.2 Å². The van der Waals surface area contributed by atoms with Gasteiger partial charge in [0.2, 0.25) is 0 Å². The molecule has 0 fully saturated rings. The van der Waals surface area contributed by atoms with Crippen molar-refractivity contribution in [3.63, 3.8) is 0 Å². The molecule has 15 nitrogen and oxygen atoms in total. The smallest absolute Gasteiger partial charge is 0.872 e. The second-order valence-electron chi connectivity index (χ2n) is 8.04. The largest absolute Gasteiger partial charge is 2.00 e. The van der Waals surface area contributed by atoms with Crippen LogP contribution in [0.15, 0.2) is 107 Å². The van der Waals surface area contributed by atoms with Gasteiger partial charge in [-0.05, 0) is 35.4 Å². The first-order valence-electron chi connectivity index (χ1n) is 12.3. The minimum absolute atomic E-state index is 0. The van der Waals surface area contributed by atoms with E-state index in [0.717, 1.165) is 24.2 Å². The van der Waals surface area contributed by atoms with Gasteiger partial charge in [-0.15, -0.1) is 32.0 Å². The van der Waals surface area contributed by atoms with Crippen LogP contribution in [0.3, 0.4) is 0 Å². The van der Waals surface area contributed by atoms with E-state index in [-0.39, 0.29) is 51.1 Å². The Labute approximate surface area is 296 Å². The number of rotatable bonds is 8. The topological polar surface area (TPSA) is 314 Å². The van der Waals surface area contributed by atoms with Gasteiger partial charge in [-0.2, -0.15) is 0 Å². The summed E-state index contributed by atoms with van der Waals surface area (Å²) < 4.78 is 67.9. The summed E-state index contributed by atoms with van der Waals surface area (Å²) in [6.07, 6.45) is 8.38. The summed E-state index contributed by atoms with van der Waals surface area (Å²) in [5.41, 5.74) is 3.29. The zero-order valence-electron chi connectivity index (χ0n) is 24.0. The van der Waals surface area contributed by atoms with Gasteiger partial charge < -0.3 is 15.7 Å². The standard InChI is InChI=1S/2C14H14N2O.2ClHO4.2Cu.H2O/c2*17-14-7-2-1-5-12(14)11-15-10-8-13-6-3-4-9-16-13;2*2-1(3,4)5;;;/h2*1-7,9,11,17H,8,10H2;2*(H,2,3,4,5);;;1H2/q;;;;2*+2;/p-3. The van der Waals surface area contributed by atoms with Crippen LogP contribution in [0.25, 0.3) is 0 Å². The van der Waals surface area contributed by atoms with Gasteiger partial charge in [0.25, 0.3) is 0 Å². The van der Waals surface area contributed by atoms with Crippen molar-refractivity contribution >= 4 is 12.4 Å². The van der Waals surface area contributed by atoms with Crippen molar-refractivity contribution in [3.8, 4) is 11.5 Å². The molecule has 0 amide bonds. The Hall–Kier alpha value is -3.06. The molecule has 4 rings (SSSR count). The molecular weight excluding hydrogens is 766 g/mol. The minimum atomic E-state index is -4.94. The molecule has 0 unspecified atom stereocenters. The fourth-order valence-electron chi connectivity index (χ4n) is 2.95. The minimum Gasteiger partial charge on any atom is -0.872 e. The maximum absolute atomic E-state index is 11.4. The Morgan fingerprint density at radius 2 is 0.809 bits per heavy atom. The SMILES string of the molecule is [Cu+2].[Cu+2].[O-][Cl+3]([O-])([O-])[O-].[O-][Cl+3]([O-])([O-])[O-].[O-]c1ccccc1C=NCCc1ccccn1.[O-]c1ccccc1C=NCCc1ccccn1.[OH3+]. The Morgan fingerprint density at radius 1 is 0.511 bits per heavy atom. The van der Waals surface area contributed by atoms with Crippen LogP contribution in [-0.2, 0) is 52.5 Å². The van der Waals surface area contributed by atoms with E-state index in [4.69, 9.17) is 37.3 Å². The average Bonchev–Trinajstić information content (AvgIpc) is 2.95. The predicted molar refractivity (Wildman–Crippen MR) is 137 cm³/mol. The zero-order valence-corrected chi connectivity index (χ0v) is 27.4. The summed E-state index contributed by atoms with van der Waals surface area (Å²) in [5.74, 6) is 0.0168. The third-order valence-electron chi connectivity index (χ3n) is 4.75. The second-order valence-corrected chi connectivity index (χ2v) is 9.56. The molecule has 4 aromatic rings. The normalized spacial score (nSPS) is 10.4. The van der Waals surface area contributed by atoms with Crippen LogP contribution in [0.5, 0.6) is 11.5 Å². The molecule has 19 heteroatoms. The van der Waals surface area contributed by atoms with Crippen molar-refractivity contribution in [2.75, 3.05) is 13.1 Å². The van der Waals surface area contributed by atoms with Crippen molar-refractivity contribution in [1.82, 2.24) is 9.97 Å². The van der Waals surface area contributed by atoms with Crippen LogP contribution >= 0.6 is 0 Å². The van der Waals surface area contributed by atoms with E-state index in [1.807, 2.05) is 48.5 Å². The van der Waals surface area contributed by atoms with Crippen molar-refractivity contribution < 1.29 is 108 Å². The number of hydrogen-bond acceptors (Lipinski definition) is 14. The maximum Gasteiger partial charge on any atom is 2.00 e. The van der Waals surface area contributed by atoms with Crippen molar-refractivity contribution in [2.45, 2.75) is 12.8 Å². The van der Waals surface area contributed by atoms with E-state index in [0.29, 0.717) is 24.2 Å². The number of pyridine rings is 2. The average molecular weight is 796 g/mol. The monoisotopic (exact) mass is 793 g/mol. The molecule has 0 bridgehead atoms. The van der Waals surface area contributed by atoms with Crippen molar-refractivity contribution in [1.29, 1.82) is 0 Å². The third kappa shape index (κ3) is 30.0. The van der Waals surface area contributed by atoms with Crippen LogP contribution in [-0.4, -0.2) is 35.5 Å². The molecule has 47 heavy (non-hydrogen) atoms. The van der Waals surface area contributed by atoms with E-state index in [1.165, 1.54) is 0 Å². The van der Waals surface area contributed by atoms with E-state index < -0.39 is 20.5 Å². The first-order chi connectivity index (χ1) is 20.7. The van der Waals surface area contributed by atoms with Gasteiger partial charge in [-0.1, -0.05) is 60.7 Å². The molecule has 0 saturated heterocycles. The molecule has 2 heterocycles. The van der Waals surface area contributed by atoms with Gasteiger partial charge in [0.1, 0.15) is 0 Å². The Morgan fingerprint density at radius 3 is 1.09 bits per heavy atom. The number of aliphatic imine (C=N–C) groups is 2. The Kier molecular flexibility index (Phi) is 27.7. The maximum atomic E-state index is 11.4. The van der Waals surface area contributed by atoms with E-state index >= 15 is 0 Å². The van der Waals surface area contributed by atoms with Crippen LogP contribution in [0.2, 0.25) is 0 Å². The molecule has 0 aliphatic rings. The van der Waals surface area contributed by atoms with Gasteiger partial charge in [-0.25, -0.2) is 37.3 Å². The molecule has 0 atom stereocenters. The van der Waals surface area contributed by atoms with Gasteiger partial charge in [0.05, 0.1) is 0 Å². The van der Waals surface area contributed by atoms with Gasteiger partial charge in [0, 0.05) is 62.1 Å². The third-order valence-corrected chi connectivity index (χ3v) is 4.75. The molecular formula is C28H29Cl2Cu2N4O11+. The fraction of sp³-hybridized carbons (Fsp3) is 0.143. The van der Waals surface area contributed by atoms with E-state index in [9.17, 15) is 10.2 Å². The van der Waals surface area contributed by atoms with E-state index in [2.05, 4.69) is 20.0 Å². The molecule has 0 spiro atoms. The van der Waals surface area contributed by atoms with Crippen LogP contribution in [0.4, 0.5) is 0 Å². The van der Waals surface area contributed by atoms with Crippen molar-refractivity contribution in [2.24, 2.45) is 9.98 Å². The predicted octanol–water partition coefficient (Wildman–Crippen LogP) is -6.81. The summed E-state index contributed by atoms with van der Waals surface area (Å²) in [7, 11) is -9.89. The summed E-state index contributed by atoms with van der Waals surface area (Å²) in [6, 6.07) is 25.4. The molecule has 262 valence electrons. The zero-order chi connectivity index (χ0) is 32.8. The molecule has 0 saturated carbocycles. The number of hydrogen-bond donors (Lipinski definition) is 0. The number of halogens is 2. The van der Waals surface area contributed by atoms with Crippen LogP contribution < -0.4 is 47.5 Å². The Bertz CT molecular complexity index is 1280. The summed E-state index contributed by atoms with van der Waals surface area (Å²) in [5, 5.41) is 22.8. The van der Waals surface area contributed by atoms with Gasteiger partial charge in [-0.3, -0.25) is 20.0 Å². The summed E-state index contributed by atoms with van der Waals surface area (Å²) >= 11 is 0. The first kappa shape index (κ1) is 48.3. The number of benzene rings is 2. The molecule has 3 N–H and O–H groups in total. The quantitative estimate of drug-likeness (QED) is 0.0913. The second kappa shape index (κ2) is 26.9. The van der Waals surface area contributed by atoms with Gasteiger partial charge in [0.15, 0.2) is 0 Å². The number of para-hydroxylation sites is 2. The first-order valence-corrected chi connectivity index (χ1v) is 14.7. The molecule has 2 aromatic heterocycles. The fourth-order valence-corrected chi connectivity index (χ4v) is 2.95. The molecule has 2 radical (unpaired) electrons. The molecule has 0 aliphatic carbocycles. The van der Waals surface area contributed by atoms with Crippen LogP contribution in [0, 0.1) is 20.5 Å². The number of nitrogens with zero attached hydrogens (tertiary/aromatic N) is 4. The summed E-state index contributed by atoms with van der Waals surface area (Å²) in [4.78, 5) is 16.9. The summed E-state index contributed by atoms with van der Waals surface area (Å²) in [6.45, 7) is 1.29. The van der Waals surface area contributed by atoms with Crippen molar-refractivity contribution in [3.05, 3.63) is 120 Å². The Balaban J connectivity index is -0.000000612. The molecule has 0 aliphatic heterocycles. The van der Waals surface area contributed by atoms with Gasteiger partial charge >= 0.3 is 34.1 Å². The molecule has 2 aromatic carbocycles. The number of aromatic nitrogens is 2.